The van der Waals surface area contributed by atoms with E-state index in [1.165, 1.54) is 0 Å². The summed E-state index contributed by atoms with van der Waals surface area (Å²) in [4.78, 5) is 16.9. The average Bonchev–Trinajstić information content (AvgIpc) is 3.12. The molecule has 0 aliphatic carbocycles. The smallest absolute Gasteiger partial charge is 0.228 e. The summed E-state index contributed by atoms with van der Waals surface area (Å²) in [5, 5.41) is 0. The molecule has 4 nitrogen and oxygen atoms in total. The summed E-state index contributed by atoms with van der Waals surface area (Å²) in [6, 6.07) is -1.51. The summed E-state index contributed by atoms with van der Waals surface area (Å²) in [7, 11) is 0. The number of aromatic nitrogens is 2. The van der Waals surface area contributed by atoms with Crippen molar-refractivity contribution in [2.45, 2.75) is 20.1 Å². The van der Waals surface area contributed by atoms with Crippen LogP contribution < -0.4 is 0 Å². The van der Waals surface area contributed by atoms with Gasteiger partial charge in [0.1, 0.15) is 5.65 Å². The zero-order valence-electron chi connectivity index (χ0n) is 28.6. The molecule has 23 heavy (non-hydrogen) atoms. The van der Waals surface area contributed by atoms with E-state index in [9.17, 15) is 4.79 Å². The Balaban J connectivity index is 2.48. The molecule has 0 aliphatic heterocycles. The van der Waals surface area contributed by atoms with Gasteiger partial charge in [-0.05, 0) is 25.3 Å². The van der Waals surface area contributed by atoms with Crippen molar-refractivity contribution in [3.8, 4) is 11.3 Å². The van der Waals surface area contributed by atoms with Gasteiger partial charge in [0.25, 0.3) is 0 Å². The van der Waals surface area contributed by atoms with Gasteiger partial charge in [-0.15, -0.1) is 0 Å². The van der Waals surface area contributed by atoms with Gasteiger partial charge < -0.3 is 9.30 Å². The quantitative estimate of drug-likeness (QED) is 0.742. The SMILES string of the molecule is [2H]c1c([2H])c(C([2H])([2H])[2H])c([2H])c([2H])c1-c1nc2ccc(C([2H])([2H])[2H])cn2c1C([2H])C(=O)N(C([2H])([2H])[2H])C([2H])([2H])[2H]. The van der Waals surface area contributed by atoms with Crippen molar-refractivity contribution in [3.05, 3.63) is 59.3 Å². The Morgan fingerprint density at radius 1 is 1.26 bits per heavy atom. The number of hydrogen-bond acceptors (Lipinski definition) is 2. The van der Waals surface area contributed by atoms with Crippen molar-refractivity contribution in [2.75, 3.05) is 14.0 Å². The van der Waals surface area contributed by atoms with Crippen LogP contribution in [0.5, 0.6) is 0 Å². The van der Waals surface area contributed by atoms with Crippen LogP contribution in [0, 0.1) is 13.7 Å². The first-order valence-corrected chi connectivity index (χ1v) is 6.30. The number of likely N-dealkylation sites (N-methyl/N-ethyl adjacent to an activating group) is 1. The van der Waals surface area contributed by atoms with Gasteiger partial charge in [-0.1, -0.05) is 35.8 Å². The van der Waals surface area contributed by atoms with E-state index in [-0.39, 0.29) is 11.2 Å². The van der Waals surface area contributed by atoms with E-state index < -0.39 is 91.5 Å². The summed E-state index contributed by atoms with van der Waals surface area (Å²) in [5.74, 6) is -1.78. The van der Waals surface area contributed by atoms with Crippen LogP contribution in [0.2, 0.25) is 0 Å². The highest BCUT2D eigenvalue weighted by atomic mass is 16.2. The van der Waals surface area contributed by atoms with E-state index in [0.717, 1.165) is 22.7 Å². The number of carbonyl (C=O) groups is 1. The molecular formula is C19H21N3O. The maximum Gasteiger partial charge on any atom is 0.228 e. The largest absolute Gasteiger partial charge is 0.348 e. The number of hydrogen-bond donors (Lipinski definition) is 0. The first-order chi connectivity index (χ1) is 17.9. The van der Waals surface area contributed by atoms with Gasteiger partial charge in [0.05, 0.1) is 23.3 Å². The molecule has 3 aromatic rings. The summed E-state index contributed by atoms with van der Waals surface area (Å²) in [5.41, 5.74) is -3.35. The monoisotopic (exact) mass is 324 g/mol. The third-order valence-electron chi connectivity index (χ3n) is 3.00. The molecule has 0 N–H and O–H groups in total. The Labute approximate surface area is 160 Å². The molecule has 0 bridgehead atoms. The number of rotatable bonds is 3. The first kappa shape index (κ1) is 4.94. The van der Waals surface area contributed by atoms with E-state index in [1.54, 1.807) is 0 Å². The van der Waals surface area contributed by atoms with Crippen molar-refractivity contribution in [1.82, 2.24) is 14.3 Å². The van der Waals surface area contributed by atoms with Crippen molar-refractivity contribution in [3.63, 3.8) is 0 Å². The van der Waals surface area contributed by atoms with Crippen molar-refractivity contribution in [1.29, 1.82) is 0 Å². The highest BCUT2D eigenvalue weighted by Gasteiger charge is 2.18. The van der Waals surface area contributed by atoms with Crippen LogP contribution >= 0.6 is 0 Å². The first-order valence-electron chi connectivity index (χ1n) is 14.9. The minimum absolute atomic E-state index is 0.172. The van der Waals surface area contributed by atoms with Crippen LogP contribution in [-0.4, -0.2) is 34.1 Å². The normalized spacial score (nSPS) is 25.3. The van der Waals surface area contributed by atoms with E-state index in [0.29, 0.717) is 0 Å². The molecule has 0 aliphatic rings. The second-order valence-electron chi connectivity index (χ2n) is 4.56. The third kappa shape index (κ3) is 2.97. The lowest BCUT2D eigenvalue weighted by Gasteiger charge is -2.11. The highest BCUT2D eigenvalue weighted by molar-refractivity contribution is 5.81. The summed E-state index contributed by atoms with van der Waals surface area (Å²) in [6.45, 7) is -12.9. The van der Waals surface area contributed by atoms with E-state index >= 15 is 0 Å². The molecule has 1 amide bonds. The second-order valence-corrected chi connectivity index (χ2v) is 4.56. The van der Waals surface area contributed by atoms with Gasteiger partial charge in [0, 0.05) is 43.5 Å². The lowest BCUT2D eigenvalue weighted by Crippen LogP contribution is -2.24. The molecule has 0 spiro atoms. The van der Waals surface area contributed by atoms with Crippen LogP contribution in [0.3, 0.4) is 0 Å². The number of amides is 1. The van der Waals surface area contributed by atoms with Crippen LogP contribution in [0.15, 0.2) is 42.5 Å². The Morgan fingerprint density at radius 3 is 2.74 bits per heavy atom. The Kier molecular flexibility index (Phi) is 1.26. The molecule has 2 heterocycles. The maximum atomic E-state index is 13.3. The molecule has 0 fully saturated rings. The maximum absolute atomic E-state index is 13.3. The fourth-order valence-corrected chi connectivity index (χ4v) is 2.00. The number of imidazole rings is 1. The summed E-state index contributed by atoms with van der Waals surface area (Å²) in [6.07, 6.45) is -1.51. The lowest BCUT2D eigenvalue weighted by atomic mass is 10.1. The van der Waals surface area contributed by atoms with Crippen molar-refractivity contribution in [2.24, 2.45) is 0 Å². The number of nitrogens with zero attached hydrogens (tertiary/aromatic N) is 3. The number of pyridine rings is 1. The fourth-order valence-electron chi connectivity index (χ4n) is 2.00. The van der Waals surface area contributed by atoms with Crippen molar-refractivity contribution >= 4 is 11.6 Å². The summed E-state index contributed by atoms with van der Waals surface area (Å²) >= 11 is 0. The van der Waals surface area contributed by atoms with Gasteiger partial charge in [-0.2, -0.15) is 0 Å². The van der Waals surface area contributed by atoms with E-state index in [1.807, 2.05) is 0 Å². The fraction of sp³-hybridized carbons (Fsp3) is 0.263. The molecular weight excluding hydrogens is 286 g/mol. The number of aryl methyl sites for hydroxylation is 1. The van der Waals surface area contributed by atoms with E-state index in [4.69, 9.17) is 23.3 Å². The average molecular weight is 325 g/mol. The third-order valence-corrected chi connectivity index (χ3v) is 3.00. The molecule has 1 aromatic carbocycles. The predicted molar refractivity (Wildman–Crippen MR) is 92.5 cm³/mol. The molecule has 118 valence electrons. The Bertz CT molecular complexity index is 1440. The second kappa shape index (κ2) is 5.88. The topological polar surface area (TPSA) is 37.6 Å². The molecule has 0 saturated carbocycles. The van der Waals surface area contributed by atoms with Crippen LogP contribution in [0.25, 0.3) is 16.9 Å². The van der Waals surface area contributed by atoms with Gasteiger partial charge in [0.15, 0.2) is 0 Å². The number of carbonyl (C=O) groups excluding carboxylic acids is 1. The number of fused-ring (bicyclic) bond motifs is 1. The highest BCUT2D eigenvalue weighted by Crippen LogP contribution is 2.26. The standard InChI is InChI=1S/C19H21N3O/c1-13-5-8-15(9-6-13)19-16(11-18(23)21(3)4)22-12-14(2)7-10-17(22)20-19/h5-10,12H,11H2,1-4H3/i1D3,2D3,3D3,4D3,5D,6D,8D,9D,11D. The molecule has 1 unspecified atom stereocenters. The van der Waals surface area contributed by atoms with Gasteiger partial charge in [0.2, 0.25) is 5.91 Å². The molecule has 0 saturated heterocycles. The van der Waals surface area contributed by atoms with Crippen molar-refractivity contribution < 1.29 is 28.1 Å². The number of benzene rings is 1. The molecule has 4 heteroatoms. The van der Waals surface area contributed by atoms with Gasteiger partial charge in [-0.3, -0.25) is 4.79 Å². The van der Waals surface area contributed by atoms with E-state index in [2.05, 4.69) is 4.98 Å². The van der Waals surface area contributed by atoms with Crippen LogP contribution in [-0.2, 0) is 11.2 Å². The van der Waals surface area contributed by atoms with Gasteiger partial charge in [-0.25, -0.2) is 4.98 Å². The molecule has 2 aromatic heterocycles. The zero-order valence-corrected chi connectivity index (χ0v) is 11.6. The van der Waals surface area contributed by atoms with Crippen LogP contribution in [0.4, 0.5) is 0 Å². The predicted octanol–water partition coefficient (Wildman–Crippen LogP) is 3.25. The zero-order chi connectivity index (χ0) is 30.9. The summed E-state index contributed by atoms with van der Waals surface area (Å²) < 4.78 is 134. The minimum Gasteiger partial charge on any atom is -0.348 e. The van der Waals surface area contributed by atoms with Crippen LogP contribution in [0.1, 0.15) is 40.1 Å². The Morgan fingerprint density at radius 2 is 2.04 bits per heavy atom. The minimum atomic E-state index is -3.54. The van der Waals surface area contributed by atoms with Gasteiger partial charge >= 0.3 is 0 Å². The molecule has 0 radical (unpaired) electrons. The molecule has 1 atom stereocenters. The Hall–Kier alpha value is -2.62. The lowest BCUT2D eigenvalue weighted by molar-refractivity contribution is -0.128. The molecule has 3 rings (SSSR count).